The summed E-state index contributed by atoms with van der Waals surface area (Å²) in [7, 11) is 0. The summed E-state index contributed by atoms with van der Waals surface area (Å²) in [6.45, 7) is 0.497. The first kappa shape index (κ1) is 15.0. The van der Waals surface area contributed by atoms with Crippen molar-refractivity contribution in [1.82, 2.24) is 24.7 Å². The molecule has 1 aliphatic carbocycles. The summed E-state index contributed by atoms with van der Waals surface area (Å²) in [5.74, 6) is 1.10. The van der Waals surface area contributed by atoms with E-state index in [4.69, 9.17) is 0 Å². The fourth-order valence-electron chi connectivity index (χ4n) is 3.37. The number of hydrogen-bond acceptors (Lipinski definition) is 6. The van der Waals surface area contributed by atoms with Gasteiger partial charge in [-0.2, -0.15) is 5.10 Å². The summed E-state index contributed by atoms with van der Waals surface area (Å²) in [6, 6.07) is 3.76. The van der Waals surface area contributed by atoms with E-state index < -0.39 is 0 Å². The first-order chi connectivity index (χ1) is 11.8. The molecule has 1 unspecified atom stereocenters. The summed E-state index contributed by atoms with van der Waals surface area (Å²) in [4.78, 5) is 12.7. The molecule has 2 N–H and O–H groups in total. The van der Waals surface area contributed by atoms with E-state index in [-0.39, 0.29) is 6.10 Å². The molecular formula is C17H20N6O. The van der Waals surface area contributed by atoms with Crippen molar-refractivity contribution in [1.29, 1.82) is 0 Å². The molecule has 0 aliphatic heterocycles. The van der Waals surface area contributed by atoms with E-state index in [1.54, 1.807) is 23.3 Å². The highest BCUT2D eigenvalue weighted by molar-refractivity contribution is 5.87. The van der Waals surface area contributed by atoms with E-state index in [2.05, 4.69) is 25.4 Å². The summed E-state index contributed by atoms with van der Waals surface area (Å²) in [6.07, 6.45) is 11.0. The highest BCUT2D eigenvalue weighted by Gasteiger charge is 2.23. The third-order valence-electron chi connectivity index (χ3n) is 4.70. The quantitative estimate of drug-likeness (QED) is 0.748. The van der Waals surface area contributed by atoms with Crippen LogP contribution in [0.4, 0.5) is 5.82 Å². The molecule has 7 heteroatoms. The molecule has 0 amide bonds. The number of aromatic nitrogens is 5. The smallest absolute Gasteiger partial charge is 0.168 e. The number of rotatable bonds is 5. The van der Waals surface area contributed by atoms with Crippen LogP contribution in [-0.2, 0) is 0 Å². The molecule has 0 bridgehead atoms. The van der Waals surface area contributed by atoms with Crippen molar-refractivity contribution in [3.8, 4) is 5.69 Å². The Morgan fingerprint density at radius 2 is 2.00 bits per heavy atom. The highest BCUT2D eigenvalue weighted by Crippen LogP contribution is 2.28. The van der Waals surface area contributed by atoms with Crippen LogP contribution in [0.15, 0.2) is 37.1 Å². The fraction of sp³-hybridized carbons (Fsp3) is 0.412. The summed E-state index contributed by atoms with van der Waals surface area (Å²) >= 11 is 0. The lowest BCUT2D eigenvalue weighted by Gasteiger charge is -2.18. The zero-order valence-corrected chi connectivity index (χ0v) is 13.3. The van der Waals surface area contributed by atoms with Crippen LogP contribution >= 0.6 is 0 Å². The maximum Gasteiger partial charge on any atom is 0.168 e. The Morgan fingerprint density at radius 1 is 1.21 bits per heavy atom. The van der Waals surface area contributed by atoms with E-state index >= 15 is 0 Å². The van der Waals surface area contributed by atoms with Crippen LogP contribution in [0.3, 0.4) is 0 Å². The first-order valence-corrected chi connectivity index (χ1v) is 8.34. The zero-order chi connectivity index (χ0) is 16.4. The first-order valence-electron chi connectivity index (χ1n) is 8.34. The zero-order valence-electron chi connectivity index (χ0n) is 13.3. The number of fused-ring (bicyclic) bond motifs is 1. The van der Waals surface area contributed by atoms with Gasteiger partial charge >= 0.3 is 0 Å². The fourth-order valence-corrected chi connectivity index (χ4v) is 3.37. The molecule has 3 heterocycles. The molecule has 1 fully saturated rings. The topological polar surface area (TPSA) is 88.8 Å². The largest absolute Gasteiger partial charge is 0.391 e. The molecule has 124 valence electrons. The van der Waals surface area contributed by atoms with Crippen molar-refractivity contribution < 1.29 is 5.11 Å². The van der Waals surface area contributed by atoms with Gasteiger partial charge in [0.15, 0.2) is 5.65 Å². The van der Waals surface area contributed by atoms with Crippen molar-refractivity contribution in [2.45, 2.75) is 31.8 Å². The van der Waals surface area contributed by atoms with Crippen molar-refractivity contribution in [2.75, 3.05) is 11.9 Å². The van der Waals surface area contributed by atoms with Crippen molar-refractivity contribution >= 4 is 16.9 Å². The summed E-state index contributed by atoms with van der Waals surface area (Å²) in [5.41, 5.74) is 1.63. The molecule has 1 aliphatic rings. The van der Waals surface area contributed by atoms with E-state index in [9.17, 15) is 5.11 Å². The normalized spacial score (nSPS) is 16.5. The molecule has 24 heavy (non-hydrogen) atoms. The molecule has 4 rings (SSSR count). The predicted molar refractivity (Wildman–Crippen MR) is 90.9 cm³/mol. The molecule has 3 aromatic rings. The Balaban J connectivity index is 1.57. The van der Waals surface area contributed by atoms with E-state index in [1.165, 1.54) is 19.2 Å². The van der Waals surface area contributed by atoms with Gasteiger partial charge < -0.3 is 10.4 Å². The van der Waals surface area contributed by atoms with Crippen LogP contribution in [0.2, 0.25) is 0 Å². The Bertz CT molecular complexity index is 812. The van der Waals surface area contributed by atoms with Crippen molar-refractivity contribution in [2.24, 2.45) is 5.92 Å². The van der Waals surface area contributed by atoms with Gasteiger partial charge in [0, 0.05) is 18.9 Å². The maximum atomic E-state index is 10.3. The van der Waals surface area contributed by atoms with E-state index in [0.717, 1.165) is 29.6 Å². The van der Waals surface area contributed by atoms with E-state index in [0.29, 0.717) is 18.3 Å². The predicted octanol–water partition coefficient (Wildman–Crippen LogP) is 2.17. The number of pyridine rings is 1. The Hall–Kier alpha value is -2.54. The highest BCUT2D eigenvalue weighted by atomic mass is 16.3. The second kappa shape index (κ2) is 6.52. The van der Waals surface area contributed by atoms with Gasteiger partial charge in [0.1, 0.15) is 12.1 Å². The third-order valence-corrected chi connectivity index (χ3v) is 4.70. The maximum absolute atomic E-state index is 10.3. The van der Waals surface area contributed by atoms with Gasteiger partial charge in [0.05, 0.1) is 23.4 Å². The number of aliphatic hydroxyl groups is 1. The lowest BCUT2D eigenvalue weighted by molar-refractivity contribution is 0.123. The monoisotopic (exact) mass is 324 g/mol. The molecule has 0 spiro atoms. The van der Waals surface area contributed by atoms with E-state index in [1.807, 2.05) is 12.1 Å². The van der Waals surface area contributed by atoms with Crippen LogP contribution in [0, 0.1) is 5.92 Å². The van der Waals surface area contributed by atoms with Crippen molar-refractivity contribution in [3.05, 3.63) is 37.1 Å². The van der Waals surface area contributed by atoms with Gasteiger partial charge in [0.25, 0.3) is 0 Å². The minimum absolute atomic E-state index is 0.340. The Labute approximate surface area is 139 Å². The molecule has 0 aromatic carbocycles. The number of nitrogens with zero attached hydrogens (tertiary/aromatic N) is 5. The lowest BCUT2D eigenvalue weighted by atomic mass is 10.0. The summed E-state index contributed by atoms with van der Waals surface area (Å²) < 4.78 is 1.76. The van der Waals surface area contributed by atoms with Crippen LogP contribution in [0.25, 0.3) is 16.7 Å². The number of aliphatic hydroxyl groups excluding tert-OH is 1. The van der Waals surface area contributed by atoms with Crippen molar-refractivity contribution in [3.63, 3.8) is 0 Å². The summed E-state index contributed by atoms with van der Waals surface area (Å²) in [5, 5.41) is 18.8. The second-order valence-corrected chi connectivity index (χ2v) is 6.21. The van der Waals surface area contributed by atoms with Crippen LogP contribution < -0.4 is 5.32 Å². The van der Waals surface area contributed by atoms with Crippen LogP contribution in [0.5, 0.6) is 0 Å². The average Bonchev–Trinajstić information content (AvgIpc) is 3.30. The number of nitrogens with one attached hydrogen (secondary N) is 1. The lowest BCUT2D eigenvalue weighted by Crippen LogP contribution is -2.27. The Kier molecular flexibility index (Phi) is 4.08. The standard InChI is InChI=1S/C17H20N6O/c24-15(12-3-1-2-4-12)10-19-16-14-9-22-23(17(14)21-11-20-16)13-5-7-18-8-6-13/h5-9,11-12,15,24H,1-4,10H2,(H,19,20,21). The minimum atomic E-state index is -0.340. The SMILES string of the molecule is OC(CNc1ncnc2c1cnn2-c1ccncc1)C1CCCC1. The van der Waals surface area contributed by atoms with Crippen LogP contribution in [0.1, 0.15) is 25.7 Å². The van der Waals surface area contributed by atoms with Gasteiger partial charge in [-0.15, -0.1) is 0 Å². The molecule has 3 aromatic heterocycles. The Morgan fingerprint density at radius 3 is 2.79 bits per heavy atom. The number of anilines is 1. The molecule has 0 saturated heterocycles. The molecule has 1 saturated carbocycles. The second-order valence-electron chi connectivity index (χ2n) is 6.21. The van der Waals surface area contributed by atoms with Crippen LogP contribution in [-0.4, -0.2) is 42.5 Å². The number of hydrogen-bond donors (Lipinski definition) is 2. The average molecular weight is 324 g/mol. The van der Waals surface area contributed by atoms with Gasteiger partial charge in [-0.05, 0) is 30.9 Å². The molecule has 1 atom stereocenters. The van der Waals surface area contributed by atoms with Gasteiger partial charge in [-0.3, -0.25) is 4.98 Å². The van der Waals surface area contributed by atoms with Gasteiger partial charge in [-0.25, -0.2) is 14.6 Å². The van der Waals surface area contributed by atoms with Gasteiger partial charge in [0.2, 0.25) is 0 Å². The molecular weight excluding hydrogens is 304 g/mol. The van der Waals surface area contributed by atoms with Gasteiger partial charge in [-0.1, -0.05) is 12.8 Å². The minimum Gasteiger partial charge on any atom is -0.391 e. The third kappa shape index (κ3) is 2.82. The molecule has 0 radical (unpaired) electrons. The molecule has 7 nitrogen and oxygen atoms in total.